The van der Waals surface area contributed by atoms with Gasteiger partial charge in [0.1, 0.15) is 0 Å². The minimum absolute atomic E-state index is 0.00917. The zero-order valence-corrected chi connectivity index (χ0v) is 17.5. The van der Waals surface area contributed by atoms with Crippen molar-refractivity contribution in [3.8, 4) is 11.4 Å². The molecule has 1 fully saturated rings. The number of nitrogens with zero attached hydrogens (tertiary/aromatic N) is 3. The molecule has 0 saturated carbocycles. The molecule has 0 spiro atoms. The van der Waals surface area contributed by atoms with E-state index >= 15 is 0 Å². The summed E-state index contributed by atoms with van der Waals surface area (Å²) in [5, 5.41) is 6.12. The lowest BCUT2D eigenvalue weighted by Crippen LogP contribution is -2.40. The normalized spacial score (nSPS) is 15.4. The smallest absolute Gasteiger partial charge is 0.339 e. The summed E-state index contributed by atoms with van der Waals surface area (Å²) in [6.07, 6.45) is -9.11. The van der Waals surface area contributed by atoms with Crippen LogP contribution in [-0.2, 0) is 12.4 Å². The second-order valence-electron chi connectivity index (χ2n) is 7.81. The number of urea groups is 1. The third kappa shape index (κ3) is 5.32. The molecular weight excluding hydrogens is 466 g/mol. The van der Waals surface area contributed by atoms with E-state index in [1.165, 1.54) is 4.90 Å². The molecule has 0 radical (unpaired) electrons. The van der Waals surface area contributed by atoms with Crippen LogP contribution in [0.2, 0.25) is 0 Å². The quantitative estimate of drug-likeness (QED) is 0.451. The van der Waals surface area contributed by atoms with Gasteiger partial charge in [0.05, 0.1) is 11.1 Å². The van der Waals surface area contributed by atoms with Crippen LogP contribution in [-0.4, -0.2) is 34.2 Å². The first-order chi connectivity index (χ1) is 16.0. The number of aromatic nitrogens is 2. The zero-order valence-electron chi connectivity index (χ0n) is 17.5. The van der Waals surface area contributed by atoms with Gasteiger partial charge in [-0.1, -0.05) is 35.5 Å². The molecule has 1 aliphatic heterocycles. The number of hydrogen-bond acceptors (Lipinski definition) is 4. The standard InChI is InChI=1S/C22H18F6N4O2/c23-21(24,25)15-10-16(22(26,27)28)12-17(11-15)29-20(33)32-8-6-14(7-9-32)19-30-18(31-34-19)13-4-2-1-3-5-13/h1-5,10-12,14H,6-9H2,(H,29,33). The Hall–Kier alpha value is -3.57. The minimum atomic E-state index is -5.00. The van der Waals surface area contributed by atoms with Crippen molar-refractivity contribution >= 4 is 11.7 Å². The van der Waals surface area contributed by atoms with Gasteiger partial charge in [0.15, 0.2) is 0 Å². The Morgan fingerprint density at radius 3 is 2.09 bits per heavy atom. The van der Waals surface area contributed by atoms with Crippen LogP contribution in [0.1, 0.15) is 35.8 Å². The van der Waals surface area contributed by atoms with Crippen molar-refractivity contribution in [2.75, 3.05) is 18.4 Å². The number of likely N-dealkylation sites (tertiary alicyclic amines) is 1. The topological polar surface area (TPSA) is 71.3 Å². The molecule has 2 heterocycles. The van der Waals surface area contributed by atoms with E-state index in [1.807, 2.05) is 30.3 Å². The Morgan fingerprint density at radius 1 is 0.941 bits per heavy atom. The summed E-state index contributed by atoms with van der Waals surface area (Å²) in [6.45, 7) is 0.426. The number of piperidine rings is 1. The first-order valence-corrected chi connectivity index (χ1v) is 10.2. The highest BCUT2D eigenvalue weighted by Crippen LogP contribution is 2.38. The molecule has 2 amide bonds. The summed E-state index contributed by atoms with van der Waals surface area (Å²) in [5.74, 6) is 0.715. The molecule has 1 saturated heterocycles. The second kappa shape index (κ2) is 8.99. The molecule has 2 aromatic carbocycles. The third-order valence-corrected chi connectivity index (χ3v) is 5.44. The number of amides is 2. The lowest BCUT2D eigenvalue weighted by atomic mass is 9.97. The lowest BCUT2D eigenvalue weighted by Gasteiger charge is -2.30. The van der Waals surface area contributed by atoms with E-state index in [4.69, 9.17) is 4.52 Å². The maximum Gasteiger partial charge on any atom is 0.416 e. The minimum Gasteiger partial charge on any atom is -0.339 e. The molecule has 4 rings (SSSR count). The largest absolute Gasteiger partial charge is 0.416 e. The highest BCUT2D eigenvalue weighted by molar-refractivity contribution is 5.89. The van der Waals surface area contributed by atoms with Crippen LogP contribution >= 0.6 is 0 Å². The molecule has 1 N–H and O–H groups in total. The van der Waals surface area contributed by atoms with Crippen LogP contribution in [0.5, 0.6) is 0 Å². The van der Waals surface area contributed by atoms with Crippen molar-refractivity contribution in [1.29, 1.82) is 0 Å². The zero-order chi connectivity index (χ0) is 24.5. The van der Waals surface area contributed by atoms with E-state index in [2.05, 4.69) is 15.5 Å². The Balaban J connectivity index is 1.41. The third-order valence-electron chi connectivity index (χ3n) is 5.44. The second-order valence-corrected chi connectivity index (χ2v) is 7.81. The van der Waals surface area contributed by atoms with Gasteiger partial charge in [-0.05, 0) is 31.0 Å². The predicted octanol–water partition coefficient (Wildman–Crippen LogP) is 6.19. The van der Waals surface area contributed by atoms with Gasteiger partial charge in [-0.2, -0.15) is 31.3 Å². The van der Waals surface area contributed by atoms with Gasteiger partial charge in [0, 0.05) is 30.3 Å². The summed E-state index contributed by atoms with van der Waals surface area (Å²) in [7, 11) is 0. The van der Waals surface area contributed by atoms with E-state index < -0.39 is 35.2 Å². The van der Waals surface area contributed by atoms with Gasteiger partial charge in [-0.25, -0.2) is 4.79 Å². The van der Waals surface area contributed by atoms with Crippen molar-refractivity contribution in [3.05, 3.63) is 65.5 Å². The number of halogens is 6. The average Bonchev–Trinajstić information content (AvgIpc) is 3.29. The first kappa shape index (κ1) is 23.6. The van der Waals surface area contributed by atoms with Gasteiger partial charge < -0.3 is 14.7 Å². The number of hydrogen-bond donors (Lipinski definition) is 1. The number of rotatable bonds is 3. The van der Waals surface area contributed by atoms with E-state index in [1.54, 1.807) is 0 Å². The molecule has 1 aliphatic rings. The fourth-order valence-corrected chi connectivity index (χ4v) is 3.66. The molecule has 0 aliphatic carbocycles. The number of alkyl halides is 6. The van der Waals surface area contributed by atoms with Crippen molar-refractivity contribution in [2.45, 2.75) is 31.1 Å². The highest BCUT2D eigenvalue weighted by atomic mass is 19.4. The predicted molar refractivity (Wildman–Crippen MR) is 109 cm³/mol. The molecule has 34 heavy (non-hydrogen) atoms. The Kier molecular flexibility index (Phi) is 6.24. The Labute approximate surface area is 189 Å². The SMILES string of the molecule is O=C(Nc1cc(C(F)(F)F)cc(C(F)(F)F)c1)N1CCC(c2nc(-c3ccccc3)no2)CC1. The first-order valence-electron chi connectivity index (χ1n) is 10.2. The summed E-state index contributed by atoms with van der Waals surface area (Å²) < 4.78 is 83.5. The van der Waals surface area contributed by atoms with Crippen LogP contribution < -0.4 is 5.32 Å². The van der Waals surface area contributed by atoms with Crippen LogP contribution in [0, 0.1) is 0 Å². The number of benzene rings is 2. The van der Waals surface area contributed by atoms with E-state index in [0.29, 0.717) is 36.7 Å². The number of carbonyl (C=O) groups excluding carboxylic acids is 1. The maximum absolute atomic E-state index is 13.0. The van der Waals surface area contributed by atoms with E-state index in [-0.39, 0.29) is 25.1 Å². The summed E-state index contributed by atoms with van der Waals surface area (Å²) in [4.78, 5) is 18.2. The molecule has 1 aromatic heterocycles. The van der Waals surface area contributed by atoms with E-state index in [0.717, 1.165) is 5.56 Å². The van der Waals surface area contributed by atoms with Crippen molar-refractivity contribution in [2.24, 2.45) is 0 Å². The molecule has 3 aromatic rings. The molecule has 180 valence electrons. The lowest BCUT2D eigenvalue weighted by molar-refractivity contribution is -0.143. The molecule has 0 bridgehead atoms. The Morgan fingerprint density at radius 2 is 1.53 bits per heavy atom. The van der Waals surface area contributed by atoms with Crippen LogP contribution in [0.4, 0.5) is 36.8 Å². The fourth-order valence-electron chi connectivity index (χ4n) is 3.66. The summed E-state index contributed by atoms with van der Waals surface area (Å²) in [5.41, 5.74) is -2.80. The number of carbonyl (C=O) groups is 1. The van der Waals surface area contributed by atoms with Gasteiger partial charge in [-0.15, -0.1) is 0 Å². The van der Waals surface area contributed by atoms with Crippen molar-refractivity contribution in [1.82, 2.24) is 15.0 Å². The van der Waals surface area contributed by atoms with Gasteiger partial charge >= 0.3 is 18.4 Å². The van der Waals surface area contributed by atoms with Gasteiger partial charge in [0.25, 0.3) is 0 Å². The van der Waals surface area contributed by atoms with Crippen LogP contribution in [0.15, 0.2) is 53.1 Å². The molecule has 6 nitrogen and oxygen atoms in total. The van der Waals surface area contributed by atoms with Gasteiger partial charge in [0.2, 0.25) is 11.7 Å². The fraction of sp³-hybridized carbons (Fsp3) is 0.318. The van der Waals surface area contributed by atoms with Crippen molar-refractivity contribution < 1.29 is 35.7 Å². The molecular formula is C22H18F6N4O2. The molecule has 0 atom stereocenters. The Bertz CT molecular complexity index is 1120. The average molecular weight is 484 g/mol. The number of nitrogens with one attached hydrogen (secondary N) is 1. The number of anilines is 1. The summed E-state index contributed by atoms with van der Waals surface area (Å²) in [6, 6.07) is 9.37. The summed E-state index contributed by atoms with van der Waals surface area (Å²) >= 11 is 0. The highest BCUT2D eigenvalue weighted by Gasteiger charge is 2.37. The maximum atomic E-state index is 13.0. The molecule has 12 heteroatoms. The van der Waals surface area contributed by atoms with Gasteiger partial charge in [-0.3, -0.25) is 0 Å². The van der Waals surface area contributed by atoms with Crippen LogP contribution in [0.25, 0.3) is 11.4 Å². The van der Waals surface area contributed by atoms with Crippen LogP contribution in [0.3, 0.4) is 0 Å². The van der Waals surface area contributed by atoms with Crippen molar-refractivity contribution in [3.63, 3.8) is 0 Å². The molecule has 0 unspecified atom stereocenters. The van der Waals surface area contributed by atoms with E-state index in [9.17, 15) is 31.1 Å². The monoisotopic (exact) mass is 484 g/mol.